The summed E-state index contributed by atoms with van der Waals surface area (Å²) in [6, 6.07) is 8.79. The Morgan fingerprint density at radius 1 is 1.44 bits per heavy atom. The van der Waals surface area contributed by atoms with Crippen LogP contribution in [0.3, 0.4) is 0 Å². The first kappa shape index (κ1) is 11.5. The van der Waals surface area contributed by atoms with Gasteiger partial charge in [0, 0.05) is 30.3 Å². The molecule has 2 unspecified atom stereocenters. The number of nitrogens with two attached hydrogens (primary N) is 1. The Bertz CT molecular complexity index is 544. The molecule has 0 saturated heterocycles. The first-order valence-corrected chi connectivity index (χ1v) is 6.63. The maximum Gasteiger partial charge on any atom is 0.0537 e. The molecule has 1 aliphatic rings. The van der Waals surface area contributed by atoms with Crippen LogP contribution in [-0.4, -0.2) is 9.78 Å². The van der Waals surface area contributed by atoms with Gasteiger partial charge in [-0.2, -0.15) is 5.10 Å². The maximum atomic E-state index is 6.01. The first-order chi connectivity index (χ1) is 8.78. The van der Waals surface area contributed by atoms with Gasteiger partial charge < -0.3 is 5.73 Å². The molecular formula is C15H19N3. The largest absolute Gasteiger partial charge is 0.324 e. The highest BCUT2D eigenvalue weighted by molar-refractivity contribution is 5.39. The minimum atomic E-state index is 0.118. The van der Waals surface area contributed by atoms with Gasteiger partial charge in [0.25, 0.3) is 0 Å². The molecule has 1 heterocycles. The Morgan fingerprint density at radius 2 is 2.28 bits per heavy atom. The van der Waals surface area contributed by atoms with Crippen molar-refractivity contribution in [2.24, 2.45) is 5.73 Å². The normalized spacial score (nSPS) is 19.1. The Morgan fingerprint density at radius 3 is 3.06 bits per heavy atom. The van der Waals surface area contributed by atoms with Gasteiger partial charge in [-0.25, -0.2) is 0 Å². The molecule has 2 aromatic rings. The Kier molecular flexibility index (Phi) is 2.92. The van der Waals surface area contributed by atoms with E-state index >= 15 is 0 Å². The maximum absolute atomic E-state index is 6.01. The third kappa shape index (κ3) is 1.95. The van der Waals surface area contributed by atoms with Gasteiger partial charge in [-0.1, -0.05) is 31.2 Å². The minimum Gasteiger partial charge on any atom is -0.324 e. The zero-order chi connectivity index (χ0) is 12.5. The second kappa shape index (κ2) is 4.58. The molecule has 0 radical (unpaired) electrons. The lowest BCUT2D eigenvalue weighted by atomic mass is 9.78. The van der Waals surface area contributed by atoms with Crippen molar-refractivity contribution in [3.8, 4) is 0 Å². The average Bonchev–Trinajstić information content (AvgIpc) is 2.84. The zero-order valence-corrected chi connectivity index (χ0v) is 10.7. The van der Waals surface area contributed by atoms with Crippen LogP contribution in [0.1, 0.15) is 42.0 Å². The molecule has 1 aromatic carbocycles. The first-order valence-electron chi connectivity index (χ1n) is 6.63. The Labute approximate surface area is 108 Å². The van der Waals surface area contributed by atoms with Crippen LogP contribution >= 0.6 is 0 Å². The van der Waals surface area contributed by atoms with E-state index in [-0.39, 0.29) is 6.04 Å². The van der Waals surface area contributed by atoms with E-state index in [0.717, 1.165) is 18.5 Å². The highest BCUT2D eigenvalue weighted by atomic mass is 15.3. The highest BCUT2D eigenvalue weighted by Crippen LogP contribution is 2.35. The van der Waals surface area contributed by atoms with Crippen molar-refractivity contribution in [2.45, 2.75) is 38.3 Å². The summed E-state index contributed by atoms with van der Waals surface area (Å²) >= 11 is 0. The van der Waals surface area contributed by atoms with E-state index in [2.05, 4.69) is 42.5 Å². The van der Waals surface area contributed by atoms with E-state index in [4.69, 9.17) is 5.73 Å². The molecule has 94 valence electrons. The van der Waals surface area contributed by atoms with Gasteiger partial charge in [0.2, 0.25) is 0 Å². The van der Waals surface area contributed by atoms with E-state index in [1.807, 2.05) is 10.9 Å². The van der Waals surface area contributed by atoms with Crippen molar-refractivity contribution in [3.63, 3.8) is 0 Å². The van der Waals surface area contributed by atoms with Crippen LogP contribution in [0.4, 0.5) is 0 Å². The summed E-state index contributed by atoms with van der Waals surface area (Å²) in [5.41, 5.74) is 10.1. The second-order valence-corrected chi connectivity index (χ2v) is 5.11. The minimum absolute atomic E-state index is 0.118. The Hall–Kier alpha value is -1.61. The average molecular weight is 241 g/mol. The molecular weight excluding hydrogens is 222 g/mol. The molecule has 0 aliphatic heterocycles. The van der Waals surface area contributed by atoms with E-state index in [1.165, 1.54) is 17.5 Å². The molecule has 2 N–H and O–H groups in total. The molecule has 3 rings (SSSR count). The fraction of sp³-hybridized carbons (Fsp3) is 0.400. The number of hydrogen-bond acceptors (Lipinski definition) is 2. The smallest absolute Gasteiger partial charge is 0.0537 e. The fourth-order valence-electron chi connectivity index (χ4n) is 2.66. The summed E-state index contributed by atoms with van der Waals surface area (Å²) in [6.45, 7) is 3.07. The van der Waals surface area contributed by atoms with Gasteiger partial charge in [0.1, 0.15) is 0 Å². The van der Waals surface area contributed by atoms with Crippen molar-refractivity contribution < 1.29 is 0 Å². The molecule has 2 atom stereocenters. The molecule has 0 spiro atoms. The van der Waals surface area contributed by atoms with Gasteiger partial charge in [0.05, 0.1) is 6.20 Å². The summed E-state index contributed by atoms with van der Waals surface area (Å²) < 4.78 is 2.03. The number of fused-ring (bicyclic) bond motifs is 1. The topological polar surface area (TPSA) is 43.8 Å². The summed E-state index contributed by atoms with van der Waals surface area (Å²) in [6.07, 6.45) is 6.12. The second-order valence-electron chi connectivity index (χ2n) is 5.11. The van der Waals surface area contributed by atoms with Crippen molar-refractivity contribution >= 4 is 0 Å². The fourth-order valence-corrected chi connectivity index (χ4v) is 2.66. The van der Waals surface area contributed by atoms with Crippen LogP contribution in [0, 0.1) is 0 Å². The van der Waals surface area contributed by atoms with Crippen LogP contribution in [0.25, 0.3) is 0 Å². The van der Waals surface area contributed by atoms with Crippen molar-refractivity contribution in [2.75, 3.05) is 0 Å². The molecule has 18 heavy (non-hydrogen) atoms. The Balaban J connectivity index is 1.70. The van der Waals surface area contributed by atoms with Gasteiger partial charge >= 0.3 is 0 Å². The quantitative estimate of drug-likeness (QED) is 0.894. The number of aromatic nitrogens is 2. The zero-order valence-electron chi connectivity index (χ0n) is 10.7. The molecule has 3 nitrogen and oxygen atoms in total. The van der Waals surface area contributed by atoms with Gasteiger partial charge in [-0.05, 0) is 24.0 Å². The van der Waals surface area contributed by atoms with Crippen LogP contribution in [0.15, 0.2) is 36.7 Å². The number of benzene rings is 1. The lowest BCUT2D eigenvalue weighted by molar-refractivity contribution is 0.474. The summed E-state index contributed by atoms with van der Waals surface area (Å²) in [5.74, 6) is 0.617. The van der Waals surface area contributed by atoms with Crippen LogP contribution in [-0.2, 0) is 13.0 Å². The van der Waals surface area contributed by atoms with Crippen molar-refractivity contribution in [1.82, 2.24) is 9.78 Å². The predicted octanol–water partition coefficient (Wildman–Crippen LogP) is 2.63. The molecule has 1 aliphatic carbocycles. The SMILES string of the molecule is CCC(N)c1cnn(CC2Cc3ccccc32)c1. The third-order valence-electron chi connectivity index (χ3n) is 3.89. The van der Waals surface area contributed by atoms with E-state index in [1.54, 1.807) is 0 Å². The van der Waals surface area contributed by atoms with Gasteiger partial charge in [-0.15, -0.1) is 0 Å². The predicted molar refractivity (Wildman–Crippen MR) is 72.3 cm³/mol. The van der Waals surface area contributed by atoms with Crippen molar-refractivity contribution in [1.29, 1.82) is 0 Å². The van der Waals surface area contributed by atoms with Crippen LogP contribution in [0.2, 0.25) is 0 Å². The van der Waals surface area contributed by atoms with E-state index in [9.17, 15) is 0 Å². The van der Waals surface area contributed by atoms with Gasteiger partial charge in [-0.3, -0.25) is 4.68 Å². The molecule has 0 bridgehead atoms. The van der Waals surface area contributed by atoms with Crippen LogP contribution in [0.5, 0.6) is 0 Å². The van der Waals surface area contributed by atoms with Gasteiger partial charge in [0.15, 0.2) is 0 Å². The third-order valence-corrected chi connectivity index (χ3v) is 3.89. The number of hydrogen-bond donors (Lipinski definition) is 1. The van der Waals surface area contributed by atoms with Crippen LogP contribution < -0.4 is 5.73 Å². The van der Waals surface area contributed by atoms with E-state index < -0.39 is 0 Å². The lowest BCUT2D eigenvalue weighted by Gasteiger charge is -2.29. The van der Waals surface area contributed by atoms with E-state index in [0.29, 0.717) is 5.92 Å². The lowest BCUT2D eigenvalue weighted by Crippen LogP contribution is -2.22. The summed E-state index contributed by atoms with van der Waals surface area (Å²) in [5, 5.41) is 4.42. The highest BCUT2D eigenvalue weighted by Gasteiger charge is 2.25. The molecule has 1 aromatic heterocycles. The summed E-state index contributed by atoms with van der Waals surface area (Å²) in [4.78, 5) is 0. The molecule has 3 heteroatoms. The molecule has 0 amide bonds. The standard InChI is InChI=1S/C15H19N3/c1-2-15(16)13-8-17-18(10-13)9-12-7-11-5-3-4-6-14(11)12/h3-6,8,10,12,15H,2,7,9,16H2,1H3. The summed E-state index contributed by atoms with van der Waals surface area (Å²) in [7, 11) is 0. The van der Waals surface area contributed by atoms with Crippen molar-refractivity contribution in [3.05, 3.63) is 53.3 Å². The number of rotatable bonds is 4. The monoisotopic (exact) mass is 241 g/mol. The molecule has 0 fully saturated rings. The molecule has 0 saturated carbocycles. The number of nitrogens with zero attached hydrogens (tertiary/aromatic N) is 2.